The minimum absolute atomic E-state index is 0.187. The predicted molar refractivity (Wildman–Crippen MR) is 111 cm³/mol. The van der Waals surface area contributed by atoms with Crippen LogP contribution in [0.4, 0.5) is 5.95 Å². The van der Waals surface area contributed by atoms with Gasteiger partial charge < -0.3 is 4.42 Å². The van der Waals surface area contributed by atoms with Crippen molar-refractivity contribution in [2.45, 2.75) is 32.4 Å². The van der Waals surface area contributed by atoms with E-state index in [2.05, 4.69) is 20.3 Å². The summed E-state index contributed by atoms with van der Waals surface area (Å²) in [4.78, 5) is 18.9. The molecule has 0 spiro atoms. The molecule has 0 atom stereocenters. The van der Waals surface area contributed by atoms with Crippen LogP contribution in [0.25, 0.3) is 0 Å². The number of piperidine rings is 1. The number of hydrogen-bond acceptors (Lipinski definition) is 5. The van der Waals surface area contributed by atoms with Crippen molar-refractivity contribution in [3.8, 4) is 0 Å². The molecule has 152 valence electrons. The van der Waals surface area contributed by atoms with Gasteiger partial charge in [-0.1, -0.05) is 35.7 Å². The third-order valence-electron chi connectivity index (χ3n) is 4.86. The van der Waals surface area contributed by atoms with E-state index in [9.17, 15) is 4.79 Å². The Morgan fingerprint density at radius 1 is 1.07 bits per heavy atom. The molecule has 1 aromatic carbocycles. The monoisotopic (exact) mass is 433 g/mol. The van der Waals surface area contributed by atoms with Gasteiger partial charge in [0.2, 0.25) is 5.95 Å². The number of nitrogens with one attached hydrogen (secondary N) is 1. The summed E-state index contributed by atoms with van der Waals surface area (Å²) in [5.41, 5.74) is 0.743. The topological polar surface area (TPSA) is 76.2 Å². The van der Waals surface area contributed by atoms with Gasteiger partial charge in [-0.2, -0.15) is 0 Å². The van der Waals surface area contributed by atoms with Crippen LogP contribution in [0.2, 0.25) is 10.0 Å². The second-order valence-corrected chi connectivity index (χ2v) is 7.84. The highest BCUT2D eigenvalue weighted by atomic mass is 35.5. The van der Waals surface area contributed by atoms with E-state index >= 15 is 0 Å². The van der Waals surface area contributed by atoms with Crippen LogP contribution in [0.5, 0.6) is 0 Å². The van der Waals surface area contributed by atoms with Gasteiger partial charge in [-0.15, -0.1) is 5.10 Å². The minimum Gasteiger partial charge on any atom is -0.455 e. The normalized spacial score (nSPS) is 14.8. The van der Waals surface area contributed by atoms with Crippen molar-refractivity contribution in [2.24, 2.45) is 0 Å². The molecule has 2 aromatic heterocycles. The van der Waals surface area contributed by atoms with Crippen molar-refractivity contribution in [1.82, 2.24) is 19.7 Å². The van der Waals surface area contributed by atoms with Crippen molar-refractivity contribution in [2.75, 3.05) is 18.4 Å². The number of anilines is 1. The molecule has 0 bridgehead atoms. The van der Waals surface area contributed by atoms with Gasteiger partial charge in [-0.25, -0.2) is 9.67 Å². The van der Waals surface area contributed by atoms with Crippen LogP contribution in [0, 0.1) is 0 Å². The van der Waals surface area contributed by atoms with E-state index in [1.54, 1.807) is 28.9 Å². The minimum atomic E-state index is -0.386. The number of carbonyl (C=O) groups excluding carboxylic acids is 1. The second kappa shape index (κ2) is 8.98. The second-order valence-electron chi connectivity index (χ2n) is 7.02. The molecule has 9 heteroatoms. The quantitative estimate of drug-likeness (QED) is 0.620. The van der Waals surface area contributed by atoms with Crippen molar-refractivity contribution >= 4 is 35.1 Å². The van der Waals surface area contributed by atoms with Crippen molar-refractivity contribution in [3.63, 3.8) is 0 Å². The standard InChI is InChI=1S/C20H21Cl2N5O2/c21-16-5-4-6-17(22)15(16)12-27-13-23-20(25-27)24-19(28)18-8-7-14(29-18)11-26-9-2-1-3-10-26/h4-8,13H,1-3,9-12H2,(H,24,25,28). The fraction of sp³-hybridized carbons (Fsp3) is 0.350. The molecule has 0 radical (unpaired) electrons. The number of likely N-dealkylation sites (tertiary alicyclic amines) is 1. The first kappa shape index (κ1) is 19.9. The first-order valence-electron chi connectivity index (χ1n) is 9.53. The molecule has 1 aliphatic heterocycles. The van der Waals surface area contributed by atoms with Gasteiger partial charge >= 0.3 is 0 Å². The molecule has 0 aliphatic carbocycles. The van der Waals surface area contributed by atoms with Crippen LogP contribution >= 0.6 is 23.2 Å². The Kier molecular flexibility index (Phi) is 6.18. The highest BCUT2D eigenvalue weighted by Crippen LogP contribution is 2.25. The van der Waals surface area contributed by atoms with Crippen LogP contribution in [0.1, 0.15) is 41.1 Å². The first-order valence-corrected chi connectivity index (χ1v) is 10.3. The Morgan fingerprint density at radius 3 is 2.59 bits per heavy atom. The van der Waals surface area contributed by atoms with Crippen LogP contribution in [0.15, 0.2) is 41.1 Å². The smallest absolute Gasteiger partial charge is 0.293 e. The summed E-state index contributed by atoms with van der Waals surface area (Å²) in [5, 5.41) is 8.02. The summed E-state index contributed by atoms with van der Waals surface area (Å²) in [6.07, 6.45) is 5.22. The summed E-state index contributed by atoms with van der Waals surface area (Å²) in [7, 11) is 0. The maximum atomic E-state index is 12.4. The van der Waals surface area contributed by atoms with Gasteiger partial charge in [0.15, 0.2) is 5.76 Å². The third kappa shape index (κ3) is 4.98. The number of nitrogens with zero attached hydrogens (tertiary/aromatic N) is 4. The molecule has 1 N–H and O–H groups in total. The van der Waals surface area contributed by atoms with E-state index in [1.165, 1.54) is 25.6 Å². The molecular weight excluding hydrogens is 413 g/mol. The lowest BCUT2D eigenvalue weighted by molar-refractivity contribution is 0.0991. The molecule has 3 heterocycles. The van der Waals surface area contributed by atoms with E-state index in [4.69, 9.17) is 27.6 Å². The highest BCUT2D eigenvalue weighted by molar-refractivity contribution is 6.35. The zero-order valence-corrected chi connectivity index (χ0v) is 17.3. The fourth-order valence-corrected chi connectivity index (χ4v) is 3.88. The SMILES string of the molecule is O=C(Nc1ncn(Cc2c(Cl)cccc2Cl)n1)c1ccc(CN2CCCCC2)o1. The van der Waals surface area contributed by atoms with Gasteiger partial charge in [0.1, 0.15) is 12.1 Å². The average molecular weight is 434 g/mol. The zero-order valence-electron chi connectivity index (χ0n) is 15.8. The van der Waals surface area contributed by atoms with Crippen LogP contribution in [-0.2, 0) is 13.1 Å². The van der Waals surface area contributed by atoms with Gasteiger partial charge in [-0.05, 0) is 50.2 Å². The third-order valence-corrected chi connectivity index (χ3v) is 5.57. The van der Waals surface area contributed by atoms with Gasteiger partial charge in [0, 0.05) is 15.6 Å². The molecule has 0 saturated carbocycles. The molecular formula is C20H21Cl2N5O2. The summed E-state index contributed by atoms with van der Waals surface area (Å²) >= 11 is 12.4. The van der Waals surface area contributed by atoms with E-state index < -0.39 is 0 Å². The molecule has 7 nitrogen and oxygen atoms in total. The zero-order chi connectivity index (χ0) is 20.2. The molecule has 0 unspecified atom stereocenters. The lowest BCUT2D eigenvalue weighted by Crippen LogP contribution is -2.28. The highest BCUT2D eigenvalue weighted by Gasteiger charge is 2.17. The molecule has 4 rings (SSSR count). The summed E-state index contributed by atoms with van der Waals surface area (Å²) in [6, 6.07) is 8.83. The Balaban J connectivity index is 1.37. The first-order chi connectivity index (χ1) is 14.1. The van der Waals surface area contributed by atoms with E-state index in [0.29, 0.717) is 16.6 Å². The number of aromatic nitrogens is 3. The summed E-state index contributed by atoms with van der Waals surface area (Å²) in [6.45, 7) is 3.21. The maximum absolute atomic E-state index is 12.4. The van der Waals surface area contributed by atoms with Crippen molar-refractivity contribution < 1.29 is 9.21 Å². The predicted octanol–water partition coefficient (Wildman–Crippen LogP) is 4.46. The Hall–Kier alpha value is -2.35. The number of benzene rings is 1. The van der Waals surface area contributed by atoms with Crippen molar-refractivity contribution in [3.05, 3.63) is 63.8 Å². The number of amides is 1. The number of halogens is 2. The van der Waals surface area contributed by atoms with Gasteiger partial charge in [-0.3, -0.25) is 15.0 Å². The van der Waals surface area contributed by atoms with E-state index in [0.717, 1.165) is 31.0 Å². The van der Waals surface area contributed by atoms with E-state index in [-0.39, 0.29) is 17.6 Å². The Morgan fingerprint density at radius 2 is 1.83 bits per heavy atom. The van der Waals surface area contributed by atoms with Gasteiger partial charge in [0.05, 0.1) is 13.1 Å². The Labute approximate surface area is 178 Å². The largest absolute Gasteiger partial charge is 0.455 e. The van der Waals surface area contributed by atoms with Crippen LogP contribution < -0.4 is 5.32 Å². The van der Waals surface area contributed by atoms with Crippen LogP contribution in [0.3, 0.4) is 0 Å². The lowest BCUT2D eigenvalue weighted by Gasteiger charge is -2.25. The number of carbonyl (C=O) groups is 1. The molecule has 1 amide bonds. The molecule has 1 aliphatic rings. The summed E-state index contributed by atoms with van der Waals surface area (Å²) in [5.74, 6) is 0.821. The average Bonchev–Trinajstić information content (AvgIpc) is 3.35. The number of furan rings is 1. The van der Waals surface area contributed by atoms with Crippen molar-refractivity contribution in [1.29, 1.82) is 0 Å². The van der Waals surface area contributed by atoms with Crippen LogP contribution in [-0.4, -0.2) is 38.7 Å². The van der Waals surface area contributed by atoms with Gasteiger partial charge in [0.25, 0.3) is 5.91 Å². The Bertz CT molecular complexity index is 974. The molecule has 29 heavy (non-hydrogen) atoms. The van der Waals surface area contributed by atoms with E-state index in [1.807, 2.05) is 6.07 Å². The molecule has 1 saturated heterocycles. The molecule has 3 aromatic rings. The lowest BCUT2D eigenvalue weighted by atomic mass is 10.1. The summed E-state index contributed by atoms with van der Waals surface area (Å²) < 4.78 is 7.27. The number of rotatable bonds is 6. The molecule has 1 fully saturated rings. The fourth-order valence-electron chi connectivity index (χ4n) is 3.36. The maximum Gasteiger partial charge on any atom is 0.293 e. The number of hydrogen-bond donors (Lipinski definition) is 1.